The van der Waals surface area contributed by atoms with Gasteiger partial charge in [-0.2, -0.15) is 0 Å². The van der Waals surface area contributed by atoms with Crippen molar-refractivity contribution in [3.63, 3.8) is 0 Å². The molecule has 0 aliphatic rings. The second kappa shape index (κ2) is 6.45. The van der Waals surface area contributed by atoms with Crippen LogP contribution >= 0.6 is 11.6 Å². The van der Waals surface area contributed by atoms with Gasteiger partial charge in [0.2, 0.25) is 0 Å². The van der Waals surface area contributed by atoms with Crippen molar-refractivity contribution < 1.29 is 18.7 Å². The molecule has 0 spiro atoms. The fourth-order valence-corrected chi connectivity index (χ4v) is 1.87. The Kier molecular flexibility index (Phi) is 4.65. The van der Waals surface area contributed by atoms with Crippen molar-refractivity contribution in [2.75, 3.05) is 12.8 Å². The minimum atomic E-state index is -0.662. The average Bonchev–Trinajstić information content (AvgIpc) is 2.48. The van der Waals surface area contributed by atoms with Crippen LogP contribution in [0, 0.1) is 5.82 Å². The number of nitrogen functional groups attached to an aromatic ring is 1. The smallest absolute Gasteiger partial charge is 0.340 e. The standard InChI is InChI=1S/C15H13ClFNO3/c1-20-11-4-2-9(13(17)7-11)8-21-15(19)12-6-10(16)3-5-14(12)18/h2-7H,8,18H2,1H3. The van der Waals surface area contributed by atoms with E-state index in [-0.39, 0.29) is 23.4 Å². The zero-order chi connectivity index (χ0) is 15.4. The first kappa shape index (κ1) is 15.1. The lowest BCUT2D eigenvalue weighted by atomic mass is 10.2. The molecule has 0 heterocycles. The predicted molar refractivity (Wildman–Crippen MR) is 77.9 cm³/mol. The summed E-state index contributed by atoms with van der Waals surface area (Å²) >= 11 is 5.80. The van der Waals surface area contributed by atoms with Crippen molar-refractivity contribution in [3.8, 4) is 5.75 Å². The number of ether oxygens (including phenoxy) is 2. The maximum absolute atomic E-state index is 13.7. The van der Waals surface area contributed by atoms with E-state index in [1.807, 2.05) is 0 Å². The van der Waals surface area contributed by atoms with Crippen molar-refractivity contribution in [1.29, 1.82) is 0 Å². The molecule has 0 aromatic heterocycles. The van der Waals surface area contributed by atoms with Crippen LogP contribution in [0.3, 0.4) is 0 Å². The number of carbonyl (C=O) groups is 1. The molecule has 4 nitrogen and oxygen atoms in total. The van der Waals surface area contributed by atoms with E-state index in [4.69, 9.17) is 26.8 Å². The zero-order valence-corrected chi connectivity index (χ0v) is 12.0. The number of benzene rings is 2. The molecule has 0 bridgehead atoms. The number of halogens is 2. The Morgan fingerprint density at radius 1 is 1.29 bits per heavy atom. The first-order valence-electron chi connectivity index (χ1n) is 6.06. The third kappa shape index (κ3) is 3.64. The highest BCUT2D eigenvalue weighted by Gasteiger charge is 2.13. The molecular formula is C15H13ClFNO3. The molecule has 0 aliphatic heterocycles. The van der Waals surface area contributed by atoms with Gasteiger partial charge in [0.1, 0.15) is 18.2 Å². The van der Waals surface area contributed by atoms with Crippen LogP contribution in [-0.4, -0.2) is 13.1 Å². The van der Waals surface area contributed by atoms with E-state index in [0.717, 1.165) is 0 Å². The molecule has 0 radical (unpaired) electrons. The van der Waals surface area contributed by atoms with Crippen LogP contribution in [0.15, 0.2) is 36.4 Å². The molecule has 2 aromatic carbocycles. The summed E-state index contributed by atoms with van der Waals surface area (Å²) in [5.41, 5.74) is 6.32. The number of carbonyl (C=O) groups excluding carboxylic acids is 1. The SMILES string of the molecule is COc1ccc(COC(=O)c2cc(Cl)ccc2N)c(F)c1. The summed E-state index contributed by atoms with van der Waals surface area (Å²) in [6.07, 6.45) is 0. The van der Waals surface area contributed by atoms with E-state index in [1.165, 1.54) is 31.4 Å². The summed E-state index contributed by atoms with van der Waals surface area (Å²) in [6.45, 7) is -0.208. The molecule has 0 atom stereocenters. The molecule has 0 unspecified atom stereocenters. The van der Waals surface area contributed by atoms with E-state index in [1.54, 1.807) is 12.1 Å². The van der Waals surface area contributed by atoms with Crippen molar-refractivity contribution in [2.24, 2.45) is 0 Å². The van der Waals surface area contributed by atoms with Gasteiger partial charge in [0, 0.05) is 22.3 Å². The van der Waals surface area contributed by atoms with Crippen LogP contribution in [0.25, 0.3) is 0 Å². The maximum atomic E-state index is 13.7. The molecule has 21 heavy (non-hydrogen) atoms. The Balaban J connectivity index is 2.09. The van der Waals surface area contributed by atoms with E-state index in [0.29, 0.717) is 10.8 Å². The molecule has 0 amide bonds. The normalized spacial score (nSPS) is 10.2. The van der Waals surface area contributed by atoms with Crippen LogP contribution in [-0.2, 0) is 11.3 Å². The van der Waals surface area contributed by atoms with Crippen LogP contribution in [0.1, 0.15) is 15.9 Å². The fraction of sp³-hybridized carbons (Fsp3) is 0.133. The van der Waals surface area contributed by atoms with Gasteiger partial charge >= 0.3 is 5.97 Å². The van der Waals surface area contributed by atoms with Crippen LogP contribution < -0.4 is 10.5 Å². The molecule has 0 saturated carbocycles. The Morgan fingerprint density at radius 2 is 2.05 bits per heavy atom. The Morgan fingerprint density at radius 3 is 2.71 bits per heavy atom. The highest BCUT2D eigenvalue weighted by molar-refractivity contribution is 6.31. The highest BCUT2D eigenvalue weighted by atomic mass is 35.5. The Bertz CT molecular complexity index is 676. The van der Waals surface area contributed by atoms with Gasteiger partial charge in [0.15, 0.2) is 0 Å². The van der Waals surface area contributed by atoms with Gasteiger partial charge in [-0.15, -0.1) is 0 Å². The highest BCUT2D eigenvalue weighted by Crippen LogP contribution is 2.21. The number of methoxy groups -OCH3 is 1. The van der Waals surface area contributed by atoms with Crippen molar-refractivity contribution in [3.05, 3.63) is 58.4 Å². The van der Waals surface area contributed by atoms with E-state index in [9.17, 15) is 9.18 Å². The van der Waals surface area contributed by atoms with Gasteiger partial charge in [-0.25, -0.2) is 9.18 Å². The number of rotatable bonds is 4. The van der Waals surface area contributed by atoms with Crippen molar-refractivity contribution >= 4 is 23.3 Å². The van der Waals surface area contributed by atoms with Crippen LogP contribution in [0.5, 0.6) is 5.75 Å². The summed E-state index contributed by atoms with van der Waals surface area (Å²) < 4.78 is 23.7. The Hall–Kier alpha value is -2.27. The van der Waals surface area contributed by atoms with E-state index in [2.05, 4.69) is 0 Å². The molecule has 2 N–H and O–H groups in total. The summed E-state index contributed by atoms with van der Waals surface area (Å²) in [4.78, 5) is 11.9. The van der Waals surface area contributed by atoms with Crippen molar-refractivity contribution in [1.82, 2.24) is 0 Å². The lowest BCUT2D eigenvalue weighted by Gasteiger charge is -2.09. The van der Waals surface area contributed by atoms with Gasteiger partial charge in [0.25, 0.3) is 0 Å². The number of anilines is 1. The molecule has 6 heteroatoms. The van der Waals surface area contributed by atoms with Crippen molar-refractivity contribution in [2.45, 2.75) is 6.61 Å². The summed E-state index contributed by atoms with van der Waals surface area (Å²) in [5.74, 6) is -0.784. The molecule has 0 aliphatic carbocycles. The van der Waals surface area contributed by atoms with Gasteiger partial charge in [-0.3, -0.25) is 0 Å². The monoisotopic (exact) mass is 309 g/mol. The van der Waals surface area contributed by atoms with E-state index >= 15 is 0 Å². The molecule has 2 aromatic rings. The number of nitrogens with two attached hydrogens (primary N) is 1. The Labute approximate surface area is 126 Å². The minimum Gasteiger partial charge on any atom is -0.497 e. The van der Waals surface area contributed by atoms with Gasteiger partial charge in [0.05, 0.1) is 12.7 Å². The maximum Gasteiger partial charge on any atom is 0.340 e. The molecule has 110 valence electrons. The lowest BCUT2D eigenvalue weighted by Crippen LogP contribution is -2.09. The third-order valence-corrected chi connectivity index (χ3v) is 3.09. The van der Waals surface area contributed by atoms with Crippen LogP contribution in [0.4, 0.5) is 10.1 Å². The minimum absolute atomic E-state index is 0.149. The predicted octanol–water partition coefficient (Wildman–Crippen LogP) is 3.43. The van der Waals surface area contributed by atoms with Gasteiger partial charge < -0.3 is 15.2 Å². The number of hydrogen-bond donors (Lipinski definition) is 1. The van der Waals surface area contributed by atoms with Gasteiger partial charge in [-0.1, -0.05) is 11.6 Å². The molecule has 0 fully saturated rings. The average molecular weight is 310 g/mol. The van der Waals surface area contributed by atoms with E-state index < -0.39 is 11.8 Å². The fourth-order valence-electron chi connectivity index (χ4n) is 1.70. The zero-order valence-electron chi connectivity index (χ0n) is 11.2. The number of hydrogen-bond acceptors (Lipinski definition) is 4. The largest absolute Gasteiger partial charge is 0.497 e. The van der Waals surface area contributed by atoms with Crippen LogP contribution in [0.2, 0.25) is 5.02 Å². The first-order valence-corrected chi connectivity index (χ1v) is 6.43. The quantitative estimate of drug-likeness (QED) is 0.694. The lowest BCUT2D eigenvalue weighted by molar-refractivity contribution is 0.0470. The topological polar surface area (TPSA) is 61.5 Å². The van der Waals surface area contributed by atoms with Gasteiger partial charge in [-0.05, 0) is 30.3 Å². The second-order valence-corrected chi connectivity index (χ2v) is 4.70. The summed E-state index contributed by atoms with van der Waals surface area (Å²) in [7, 11) is 1.44. The second-order valence-electron chi connectivity index (χ2n) is 4.27. The molecular weight excluding hydrogens is 297 g/mol. The summed E-state index contributed by atoms with van der Waals surface area (Å²) in [6, 6.07) is 8.77. The molecule has 0 saturated heterocycles. The summed E-state index contributed by atoms with van der Waals surface area (Å²) in [5, 5.41) is 0.367. The molecule has 2 rings (SSSR count). The first-order chi connectivity index (χ1) is 10.0. The third-order valence-electron chi connectivity index (χ3n) is 2.85. The number of esters is 1.